The molecule has 1 unspecified atom stereocenters. The van der Waals surface area contributed by atoms with Crippen LogP contribution in [-0.4, -0.2) is 22.6 Å². The normalized spacial score (nSPS) is 14.6. The molecule has 1 aliphatic carbocycles. The SMILES string of the molecule is CCn1c(=S)[nH]c2cc(C(=O)NC(c3ccc(OC)cc3)C3CC3)ccc2c1=O. The van der Waals surface area contributed by atoms with Gasteiger partial charge in [0.1, 0.15) is 5.75 Å². The van der Waals surface area contributed by atoms with Crippen LogP contribution in [0, 0.1) is 10.7 Å². The van der Waals surface area contributed by atoms with Crippen molar-refractivity contribution >= 4 is 29.0 Å². The van der Waals surface area contributed by atoms with Crippen LogP contribution in [0.1, 0.15) is 41.7 Å². The number of aromatic nitrogens is 2. The van der Waals surface area contributed by atoms with Crippen LogP contribution in [0.4, 0.5) is 0 Å². The molecule has 2 aromatic carbocycles. The number of hydrogen-bond acceptors (Lipinski definition) is 4. The van der Waals surface area contributed by atoms with E-state index in [2.05, 4.69) is 10.3 Å². The van der Waals surface area contributed by atoms with Gasteiger partial charge < -0.3 is 15.0 Å². The third kappa shape index (κ3) is 3.82. The van der Waals surface area contributed by atoms with Crippen molar-refractivity contribution in [3.63, 3.8) is 0 Å². The molecule has 7 heteroatoms. The number of ether oxygens (including phenoxy) is 1. The van der Waals surface area contributed by atoms with E-state index in [-0.39, 0.29) is 17.5 Å². The van der Waals surface area contributed by atoms with Gasteiger partial charge >= 0.3 is 0 Å². The van der Waals surface area contributed by atoms with Gasteiger partial charge in [0, 0.05) is 12.1 Å². The van der Waals surface area contributed by atoms with E-state index in [0.717, 1.165) is 24.2 Å². The zero-order valence-electron chi connectivity index (χ0n) is 16.4. The molecule has 0 saturated heterocycles. The maximum absolute atomic E-state index is 13.0. The highest BCUT2D eigenvalue weighted by molar-refractivity contribution is 7.71. The van der Waals surface area contributed by atoms with Crippen molar-refractivity contribution in [1.29, 1.82) is 0 Å². The number of rotatable bonds is 6. The molecule has 1 heterocycles. The van der Waals surface area contributed by atoms with Gasteiger partial charge in [-0.15, -0.1) is 0 Å². The first kappa shape index (κ1) is 19.4. The lowest BCUT2D eigenvalue weighted by Crippen LogP contribution is -2.30. The van der Waals surface area contributed by atoms with Crippen LogP contribution in [0.15, 0.2) is 47.3 Å². The predicted octanol–water partition coefficient (Wildman–Crippen LogP) is 3.97. The molecule has 1 fully saturated rings. The number of aromatic amines is 1. The quantitative estimate of drug-likeness (QED) is 0.604. The van der Waals surface area contributed by atoms with Crippen molar-refractivity contribution < 1.29 is 9.53 Å². The average molecular weight is 410 g/mol. The highest BCUT2D eigenvalue weighted by Crippen LogP contribution is 2.41. The molecule has 4 rings (SSSR count). The summed E-state index contributed by atoms with van der Waals surface area (Å²) in [5.74, 6) is 1.06. The van der Waals surface area contributed by atoms with Gasteiger partial charge in [0.15, 0.2) is 4.77 Å². The standard InChI is InChI=1S/C22H23N3O3S/c1-3-25-21(27)17-11-8-15(12-18(17)23-22(25)29)20(26)24-19(13-4-5-13)14-6-9-16(28-2)10-7-14/h6-13,19H,3-5H2,1-2H3,(H,23,29)(H,24,26). The van der Waals surface area contributed by atoms with Crippen LogP contribution >= 0.6 is 12.2 Å². The first-order chi connectivity index (χ1) is 14.0. The predicted molar refractivity (Wildman–Crippen MR) is 115 cm³/mol. The second kappa shape index (κ2) is 7.83. The van der Waals surface area contributed by atoms with Crippen molar-refractivity contribution in [2.75, 3.05) is 7.11 Å². The number of H-pyrrole nitrogens is 1. The molecule has 0 bridgehead atoms. The molecule has 1 aliphatic rings. The van der Waals surface area contributed by atoms with Crippen molar-refractivity contribution in [2.45, 2.75) is 32.4 Å². The molecule has 1 aromatic heterocycles. The van der Waals surface area contributed by atoms with Gasteiger partial charge in [0.25, 0.3) is 11.5 Å². The van der Waals surface area contributed by atoms with Crippen LogP contribution in [0.25, 0.3) is 10.9 Å². The lowest BCUT2D eigenvalue weighted by Gasteiger charge is -2.19. The van der Waals surface area contributed by atoms with Gasteiger partial charge in [-0.3, -0.25) is 14.2 Å². The molecule has 2 N–H and O–H groups in total. The Balaban J connectivity index is 1.63. The number of methoxy groups -OCH3 is 1. The molecule has 1 atom stereocenters. The summed E-state index contributed by atoms with van der Waals surface area (Å²) in [5.41, 5.74) is 1.99. The highest BCUT2D eigenvalue weighted by Gasteiger charge is 2.33. The number of benzene rings is 2. The largest absolute Gasteiger partial charge is 0.497 e. The summed E-state index contributed by atoms with van der Waals surface area (Å²) >= 11 is 5.27. The van der Waals surface area contributed by atoms with Gasteiger partial charge in [-0.05, 0) is 73.8 Å². The summed E-state index contributed by atoms with van der Waals surface area (Å²) < 4.78 is 7.09. The summed E-state index contributed by atoms with van der Waals surface area (Å²) in [6, 6.07) is 12.8. The van der Waals surface area contributed by atoms with E-state index < -0.39 is 0 Å². The first-order valence-corrected chi connectivity index (χ1v) is 10.1. The van der Waals surface area contributed by atoms with E-state index in [1.807, 2.05) is 31.2 Å². The lowest BCUT2D eigenvalue weighted by atomic mass is 10.0. The van der Waals surface area contributed by atoms with E-state index in [0.29, 0.717) is 33.7 Å². The molecule has 150 valence electrons. The molecule has 0 aliphatic heterocycles. The van der Waals surface area contributed by atoms with Crippen molar-refractivity contribution in [2.24, 2.45) is 5.92 Å². The van der Waals surface area contributed by atoms with E-state index in [4.69, 9.17) is 17.0 Å². The maximum Gasteiger partial charge on any atom is 0.262 e. The van der Waals surface area contributed by atoms with E-state index in [1.54, 1.807) is 25.3 Å². The van der Waals surface area contributed by atoms with Crippen molar-refractivity contribution in [1.82, 2.24) is 14.9 Å². The molecule has 3 aromatic rings. The number of nitrogens with zero attached hydrogens (tertiary/aromatic N) is 1. The molecular formula is C22H23N3O3S. The molecule has 29 heavy (non-hydrogen) atoms. The Morgan fingerprint density at radius 1 is 1.28 bits per heavy atom. The molecule has 0 radical (unpaired) electrons. The summed E-state index contributed by atoms with van der Waals surface area (Å²) in [6.07, 6.45) is 2.19. The summed E-state index contributed by atoms with van der Waals surface area (Å²) in [4.78, 5) is 28.6. The van der Waals surface area contributed by atoms with Crippen LogP contribution in [-0.2, 0) is 6.54 Å². The molecule has 1 amide bonds. The van der Waals surface area contributed by atoms with Gasteiger partial charge in [0.05, 0.1) is 24.1 Å². The Morgan fingerprint density at radius 3 is 2.62 bits per heavy atom. The summed E-state index contributed by atoms with van der Waals surface area (Å²) in [7, 11) is 1.63. The van der Waals surface area contributed by atoms with Crippen LogP contribution < -0.4 is 15.6 Å². The van der Waals surface area contributed by atoms with Crippen molar-refractivity contribution in [3.8, 4) is 5.75 Å². The second-order valence-electron chi connectivity index (χ2n) is 7.30. The van der Waals surface area contributed by atoms with E-state index in [1.165, 1.54) is 4.57 Å². The fourth-order valence-electron chi connectivity index (χ4n) is 3.62. The topological polar surface area (TPSA) is 76.1 Å². The average Bonchev–Trinajstić information content (AvgIpc) is 3.57. The summed E-state index contributed by atoms with van der Waals surface area (Å²) in [6.45, 7) is 2.37. The number of carbonyl (C=O) groups is 1. The Labute approximate surface area is 173 Å². The fraction of sp³-hybridized carbons (Fsp3) is 0.318. The number of hydrogen-bond donors (Lipinski definition) is 2. The van der Waals surface area contributed by atoms with Crippen LogP contribution in [0.2, 0.25) is 0 Å². The Morgan fingerprint density at radius 2 is 2.00 bits per heavy atom. The first-order valence-electron chi connectivity index (χ1n) is 9.73. The Kier molecular flexibility index (Phi) is 5.24. The Bertz CT molecular complexity index is 1180. The highest BCUT2D eigenvalue weighted by atomic mass is 32.1. The van der Waals surface area contributed by atoms with Gasteiger partial charge in [0.2, 0.25) is 0 Å². The Hall–Kier alpha value is -2.93. The monoisotopic (exact) mass is 409 g/mol. The zero-order valence-corrected chi connectivity index (χ0v) is 17.2. The minimum Gasteiger partial charge on any atom is -0.497 e. The lowest BCUT2D eigenvalue weighted by molar-refractivity contribution is 0.0932. The number of amides is 1. The van der Waals surface area contributed by atoms with Gasteiger partial charge in [-0.2, -0.15) is 0 Å². The van der Waals surface area contributed by atoms with Crippen LogP contribution in [0.3, 0.4) is 0 Å². The third-order valence-electron chi connectivity index (χ3n) is 5.42. The molecule has 1 saturated carbocycles. The van der Waals surface area contributed by atoms with Gasteiger partial charge in [-0.25, -0.2) is 0 Å². The van der Waals surface area contributed by atoms with E-state index in [9.17, 15) is 9.59 Å². The summed E-state index contributed by atoms with van der Waals surface area (Å²) in [5, 5.41) is 3.68. The maximum atomic E-state index is 13.0. The zero-order chi connectivity index (χ0) is 20.5. The van der Waals surface area contributed by atoms with Gasteiger partial charge in [-0.1, -0.05) is 12.1 Å². The third-order valence-corrected chi connectivity index (χ3v) is 5.74. The molecule has 0 spiro atoms. The smallest absolute Gasteiger partial charge is 0.262 e. The van der Waals surface area contributed by atoms with Crippen LogP contribution in [0.5, 0.6) is 5.75 Å². The van der Waals surface area contributed by atoms with E-state index >= 15 is 0 Å². The number of carbonyl (C=O) groups excluding carboxylic acids is 1. The number of fused-ring (bicyclic) bond motifs is 1. The molecular weight excluding hydrogens is 386 g/mol. The fourth-order valence-corrected chi connectivity index (χ4v) is 3.94. The minimum atomic E-state index is -0.168. The number of nitrogens with one attached hydrogen (secondary N) is 2. The molecule has 6 nitrogen and oxygen atoms in total. The second-order valence-corrected chi connectivity index (χ2v) is 7.69. The van der Waals surface area contributed by atoms with Crippen molar-refractivity contribution in [3.05, 3.63) is 68.7 Å². The minimum absolute atomic E-state index is 0.0457.